The van der Waals surface area contributed by atoms with Crippen molar-refractivity contribution in [2.75, 3.05) is 11.9 Å². The van der Waals surface area contributed by atoms with Gasteiger partial charge in [-0.3, -0.25) is 4.79 Å². The molecule has 1 aromatic carbocycles. The third kappa shape index (κ3) is 4.18. The van der Waals surface area contributed by atoms with Gasteiger partial charge in [-0.15, -0.1) is 6.58 Å². The van der Waals surface area contributed by atoms with E-state index in [9.17, 15) is 4.79 Å². The molecule has 0 atom stereocenters. The van der Waals surface area contributed by atoms with Crippen molar-refractivity contribution in [2.45, 2.75) is 0 Å². The topological polar surface area (TPSA) is 66.9 Å². The van der Waals surface area contributed by atoms with Crippen LogP contribution in [0.2, 0.25) is 10.0 Å². The molecule has 0 saturated heterocycles. The number of anilines is 2. The number of nitrogens with one attached hydrogen (secondary N) is 2. The Balaban J connectivity index is 2.10. The van der Waals surface area contributed by atoms with Crippen molar-refractivity contribution in [2.24, 2.45) is 0 Å². The molecule has 7 heteroatoms. The van der Waals surface area contributed by atoms with E-state index in [4.69, 9.17) is 23.2 Å². The first kappa shape index (κ1) is 15.3. The highest BCUT2D eigenvalue weighted by molar-refractivity contribution is 6.35. The van der Waals surface area contributed by atoms with Gasteiger partial charge >= 0.3 is 0 Å². The molecule has 0 aliphatic carbocycles. The number of benzene rings is 1. The zero-order valence-corrected chi connectivity index (χ0v) is 12.4. The predicted octanol–water partition coefficient (Wildman–Crippen LogP) is 3.44. The van der Waals surface area contributed by atoms with Gasteiger partial charge in [-0.25, -0.2) is 9.97 Å². The average Bonchev–Trinajstić information content (AvgIpc) is 2.49. The standard InChI is InChI=1S/C14H12Cl2N4O/c1-2-5-17-13(21)9-7-18-14(19-8-9)20-12-6-10(15)3-4-11(12)16/h2-4,6-8H,1,5H2,(H,17,21)(H,18,19,20). The lowest BCUT2D eigenvalue weighted by Gasteiger charge is -2.07. The molecule has 0 aliphatic rings. The summed E-state index contributed by atoms with van der Waals surface area (Å²) in [5, 5.41) is 6.61. The normalized spacial score (nSPS) is 10.0. The smallest absolute Gasteiger partial charge is 0.254 e. The summed E-state index contributed by atoms with van der Waals surface area (Å²) in [7, 11) is 0. The Kier molecular flexibility index (Phi) is 5.14. The Morgan fingerprint density at radius 2 is 2.00 bits per heavy atom. The highest BCUT2D eigenvalue weighted by Gasteiger charge is 2.07. The molecule has 0 bridgehead atoms. The zero-order chi connectivity index (χ0) is 15.2. The van der Waals surface area contributed by atoms with Gasteiger partial charge in [0.25, 0.3) is 5.91 Å². The van der Waals surface area contributed by atoms with E-state index in [0.29, 0.717) is 33.8 Å². The van der Waals surface area contributed by atoms with E-state index in [0.717, 1.165) is 0 Å². The number of halogens is 2. The van der Waals surface area contributed by atoms with Crippen LogP contribution in [0, 0.1) is 0 Å². The minimum atomic E-state index is -0.262. The molecule has 2 N–H and O–H groups in total. The van der Waals surface area contributed by atoms with Crippen LogP contribution >= 0.6 is 23.2 Å². The van der Waals surface area contributed by atoms with Gasteiger partial charge in [0, 0.05) is 24.0 Å². The molecular weight excluding hydrogens is 311 g/mol. The van der Waals surface area contributed by atoms with E-state index < -0.39 is 0 Å². The monoisotopic (exact) mass is 322 g/mol. The molecule has 1 heterocycles. The Morgan fingerprint density at radius 1 is 1.29 bits per heavy atom. The molecule has 1 aromatic heterocycles. The summed E-state index contributed by atoms with van der Waals surface area (Å²) in [5.74, 6) is 0.0571. The molecule has 1 amide bonds. The van der Waals surface area contributed by atoms with Gasteiger partial charge in [0.1, 0.15) is 0 Å². The van der Waals surface area contributed by atoms with Gasteiger partial charge in [-0.2, -0.15) is 0 Å². The summed E-state index contributed by atoms with van der Waals surface area (Å²) in [6.45, 7) is 3.91. The highest BCUT2D eigenvalue weighted by atomic mass is 35.5. The molecule has 5 nitrogen and oxygen atoms in total. The molecule has 0 unspecified atom stereocenters. The molecule has 108 valence electrons. The quantitative estimate of drug-likeness (QED) is 0.827. The summed E-state index contributed by atoms with van der Waals surface area (Å²) in [4.78, 5) is 19.8. The largest absolute Gasteiger partial charge is 0.348 e. The fraction of sp³-hybridized carbons (Fsp3) is 0.0714. The number of amides is 1. The number of hydrogen-bond acceptors (Lipinski definition) is 4. The SMILES string of the molecule is C=CCNC(=O)c1cnc(Nc2cc(Cl)ccc2Cl)nc1. The molecule has 0 spiro atoms. The number of nitrogens with zero attached hydrogens (tertiary/aromatic N) is 2. The number of carbonyl (C=O) groups excluding carboxylic acids is 1. The third-order valence-corrected chi connectivity index (χ3v) is 3.06. The van der Waals surface area contributed by atoms with Gasteiger partial charge < -0.3 is 10.6 Å². The van der Waals surface area contributed by atoms with Crippen molar-refractivity contribution >= 4 is 40.7 Å². The predicted molar refractivity (Wildman–Crippen MR) is 84.3 cm³/mol. The van der Waals surface area contributed by atoms with Crippen LogP contribution in [0.3, 0.4) is 0 Å². The Morgan fingerprint density at radius 3 is 2.67 bits per heavy atom. The average molecular weight is 323 g/mol. The lowest BCUT2D eigenvalue weighted by molar-refractivity contribution is 0.0957. The number of aromatic nitrogens is 2. The lowest BCUT2D eigenvalue weighted by atomic mass is 10.3. The molecular formula is C14H12Cl2N4O. The maximum absolute atomic E-state index is 11.7. The van der Waals surface area contributed by atoms with Crippen LogP contribution < -0.4 is 10.6 Å². The molecule has 2 aromatic rings. The Labute approximate surface area is 132 Å². The van der Waals surface area contributed by atoms with E-state index in [1.165, 1.54) is 12.4 Å². The first-order valence-corrected chi connectivity index (χ1v) is 6.79. The second-order valence-electron chi connectivity index (χ2n) is 4.04. The summed E-state index contributed by atoms with van der Waals surface area (Å²) < 4.78 is 0. The van der Waals surface area contributed by atoms with E-state index in [-0.39, 0.29) is 5.91 Å². The fourth-order valence-corrected chi connectivity index (χ4v) is 1.83. The van der Waals surface area contributed by atoms with E-state index in [1.54, 1.807) is 24.3 Å². The summed E-state index contributed by atoms with van der Waals surface area (Å²) in [6.07, 6.45) is 4.44. The van der Waals surface area contributed by atoms with Crippen LogP contribution in [0.1, 0.15) is 10.4 Å². The van der Waals surface area contributed by atoms with Crippen molar-refractivity contribution in [3.8, 4) is 0 Å². The number of rotatable bonds is 5. The van der Waals surface area contributed by atoms with Crippen LogP contribution in [-0.4, -0.2) is 22.4 Å². The fourth-order valence-electron chi connectivity index (χ4n) is 1.49. The molecule has 0 aliphatic heterocycles. The van der Waals surface area contributed by atoms with Crippen molar-refractivity contribution in [3.63, 3.8) is 0 Å². The van der Waals surface area contributed by atoms with Crippen molar-refractivity contribution < 1.29 is 4.79 Å². The maximum Gasteiger partial charge on any atom is 0.254 e. The zero-order valence-electron chi connectivity index (χ0n) is 10.9. The Hall–Kier alpha value is -2.11. The van der Waals surface area contributed by atoms with Gasteiger partial charge in [-0.1, -0.05) is 29.3 Å². The molecule has 2 rings (SSSR count). The second kappa shape index (κ2) is 7.06. The first-order chi connectivity index (χ1) is 10.1. The third-order valence-electron chi connectivity index (χ3n) is 2.50. The van der Waals surface area contributed by atoms with E-state index in [1.807, 2.05) is 0 Å². The van der Waals surface area contributed by atoms with E-state index >= 15 is 0 Å². The maximum atomic E-state index is 11.7. The van der Waals surface area contributed by atoms with Gasteiger partial charge in [0.15, 0.2) is 0 Å². The van der Waals surface area contributed by atoms with Gasteiger partial charge in [0.05, 0.1) is 16.3 Å². The summed E-state index contributed by atoms with van der Waals surface area (Å²) in [6, 6.07) is 5.02. The number of hydrogen-bond donors (Lipinski definition) is 2. The van der Waals surface area contributed by atoms with Crippen molar-refractivity contribution in [3.05, 3.63) is 58.9 Å². The lowest BCUT2D eigenvalue weighted by Crippen LogP contribution is -2.23. The number of carbonyl (C=O) groups is 1. The van der Waals surface area contributed by atoms with Crippen LogP contribution in [-0.2, 0) is 0 Å². The first-order valence-electron chi connectivity index (χ1n) is 6.03. The van der Waals surface area contributed by atoms with Crippen LogP contribution in [0.5, 0.6) is 0 Å². The second-order valence-corrected chi connectivity index (χ2v) is 4.89. The van der Waals surface area contributed by atoms with Gasteiger partial charge in [-0.05, 0) is 18.2 Å². The molecule has 0 radical (unpaired) electrons. The summed E-state index contributed by atoms with van der Waals surface area (Å²) >= 11 is 11.9. The minimum Gasteiger partial charge on any atom is -0.348 e. The van der Waals surface area contributed by atoms with Gasteiger partial charge in [0.2, 0.25) is 5.95 Å². The molecule has 0 fully saturated rings. The van der Waals surface area contributed by atoms with Crippen molar-refractivity contribution in [1.29, 1.82) is 0 Å². The van der Waals surface area contributed by atoms with Crippen LogP contribution in [0.25, 0.3) is 0 Å². The van der Waals surface area contributed by atoms with E-state index in [2.05, 4.69) is 27.2 Å². The summed E-state index contributed by atoms with van der Waals surface area (Å²) in [5.41, 5.74) is 0.951. The van der Waals surface area contributed by atoms with Crippen LogP contribution in [0.4, 0.5) is 11.6 Å². The van der Waals surface area contributed by atoms with Crippen LogP contribution in [0.15, 0.2) is 43.2 Å². The molecule has 0 saturated carbocycles. The highest BCUT2D eigenvalue weighted by Crippen LogP contribution is 2.27. The molecule has 21 heavy (non-hydrogen) atoms. The van der Waals surface area contributed by atoms with Crippen molar-refractivity contribution in [1.82, 2.24) is 15.3 Å². The Bertz CT molecular complexity index is 659. The minimum absolute atomic E-state index is 0.262.